The third-order valence-corrected chi connectivity index (χ3v) is 1.76. The van der Waals surface area contributed by atoms with Gasteiger partial charge < -0.3 is 9.47 Å². The van der Waals surface area contributed by atoms with E-state index in [1.54, 1.807) is 6.08 Å². The first kappa shape index (κ1) is 11.3. The molecule has 0 aliphatic carbocycles. The molecule has 0 N–H and O–H groups in total. The van der Waals surface area contributed by atoms with Crippen LogP contribution in [0.5, 0.6) is 0 Å². The van der Waals surface area contributed by atoms with Gasteiger partial charge in [-0.2, -0.15) is 0 Å². The zero-order chi connectivity index (χ0) is 11.1. The molecule has 0 saturated carbocycles. The van der Waals surface area contributed by atoms with Gasteiger partial charge in [0.05, 0.1) is 0 Å². The van der Waals surface area contributed by atoms with Gasteiger partial charge in [0, 0.05) is 0 Å². The fraction of sp³-hybridized carbons (Fsp3) is 0.250. The smallest absolute Gasteiger partial charge is 0.430 e. The predicted octanol–water partition coefficient (Wildman–Crippen LogP) is 3.09. The van der Waals surface area contributed by atoms with Crippen molar-refractivity contribution in [1.82, 2.24) is 0 Å². The van der Waals surface area contributed by atoms with Crippen molar-refractivity contribution in [3.8, 4) is 0 Å². The maximum absolute atomic E-state index is 10.6. The number of cyclic esters (lactones) is 2. The van der Waals surface area contributed by atoms with Gasteiger partial charge in [0.1, 0.15) is 6.61 Å². The number of hydrogen-bond donors (Lipinski definition) is 0. The Morgan fingerprint density at radius 1 is 1.40 bits per heavy atom. The Morgan fingerprint density at radius 2 is 2.00 bits per heavy atom. The van der Waals surface area contributed by atoms with Gasteiger partial charge in [-0.15, -0.1) is 6.58 Å². The van der Waals surface area contributed by atoms with Crippen LogP contribution in [0.25, 0.3) is 0 Å². The molecule has 2 rings (SSSR count). The molecule has 0 spiro atoms. The van der Waals surface area contributed by atoms with Gasteiger partial charge in [-0.25, -0.2) is 4.79 Å². The highest BCUT2D eigenvalue weighted by molar-refractivity contribution is 5.62. The molecule has 0 amide bonds. The molecule has 15 heavy (non-hydrogen) atoms. The van der Waals surface area contributed by atoms with E-state index in [1.807, 2.05) is 37.3 Å². The molecular formula is C12H14O3. The van der Waals surface area contributed by atoms with Crippen molar-refractivity contribution in [1.29, 1.82) is 0 Å². The lowest BCUT2D eigenvalue weighted by atomic mass is 10.1. The molecule has 3 heteroatoms. The Morgan fingerprint density at radius 3 is 2.47 bits per heavy atom. The molecule has 1 aromatic rings. The van der Waals surface area contributed by atoms with Crippen LogP contribution in [0.4, 0.5) is 4.79 Å². The molecule has 1 heterocycles. The SMILES string of the molecule is C=CC.O=C1OCC(c2ccccc2)O1. The summed E-state index contributed by atoms with van der Waals surface area (Å²) in [6.07, 6.45) is 0.947. The molecule has 1 aromatic carbocycles. The molecule has 0 bridgehead atoms. The van der Waals surface area contributed by atoms with Crippen LogP contribution in [0, 0.1) is 0 Å². The lowest BCUT2D eigenvalue weighted by molar-refractivity contribution is 0.118. The number of carbonyl (C=O) groups excluding carboxylic acids is 1. The molecule has 1 saturated heterocycles. The second-order valence-electron chi connectivity index (χ2n) is 2.99. The maximum atomic E-state index is 10.6. The first-order valence-electron chi connectivity index (χ1n) is 4.73. The Balaban J connectivity index is 0.000000337. The van der Waals surface area contributed by atoms with Crippen LogP contribution in [-0.4, -0.2) is 12.8 Å². The quantitative estimate of drug-likeness (QED) is 0.523. The molecule has 1 unspecified atom stereocenters. The van der Waals surface area contributed by atoms with E-state index in [9.17, 15) is 4.79 Å². The normalized spacial score (nSPS) is 18.2. The van der Waals surface area contributed by atoms with Gasteiger partial charge in [0.2, 0.25) is 0 Å². The van der Waals surface area contributed by atoms with Gasteiger partial charge in [-0.3, -0.25) is 0 Å². The van der Waals surface area contributed by atoms with Gasteiger partial charge in [-0.1, -0.05) is 36.4 Å². The van der Waals surface area contributed by atoms with Crippen molar-refractivity contribution in [2.24, 2.45) is 0 Å². The maximum Gasteiger partial charge on any atom is 0.509 e. The fourth-order valence-corrected chi connectivity index (χ4v) is 1.16. The highest BCUT2D eigenvalue weighted by Gasteiger charge is 2.25. The number of allylic oxidation sites excluding steroid dienone is 1. The van der Waals surface area contributed by atoms with Crippen molar-refractivity contribution in [3.63, 3.8) is 0 Å². The van der Waals surface area contributed by atoms with Crippen LogP contribution < -0.4 is 0 Å². The monoisotopic (exact) mass is 206 g/mol. The third-order valence-electron chi connectivity index (χ3n) is 1.76. The number of hydrogen-bond acceptors (Lipinski definition) is 3. The van der Waals surface area contributed by atoms with Crippen LogP contribution in [0.3, 0.4) is 0 Å². The first-order valence-corrected chi connectivity index (χ1v) is 4.73. The molecule has 0 aromatic heterocycles. The minimum atomic E-state index is -0.580. The summed E-state index contributed by atoms with van der Waals surface area (Å²) in [5, 5.41) is 0. The van der Waals surface area contributed by atoms with Crippen LogP contribution in [0.2, 0.25) is 0 Å². The van der Waals surface area contributed by atoms with Crippen LogP contribution in [0.1, 0.15) is 18.6 Å². The lowest BCUT2D eigenvalue weighted by Crippen LogP contribution is -1.99. The van der Waals surface area contributed by atoms with Crippen LogP contribution >= 0.6 is 0 Å². The van der Waals surface area contributed by atoms with Gasteiger partial charge in [0.15, 0.2) is 6.10 Å². The lowest BCUT2D eigenvalue weighted by Gasteiger charge is -2.04. The molecule has 80 valence electrons. The largest absolute Gasteiger partial charge is 0.509 e. The molecular weight excluding hydrogens is 192 g/mol. The first-order chi connectivity index (χ1) is 7.27. The Kier molecular flexibility index (Phi) is 4.41. The summed E-state index contributed by atoms with van der Waals surface area (Å²) in [6.45, 7) is 5.57. The summed E-state index contributed by atoms with van der Waals surface area (Å²) in [6, 6.07) is 9.55. The van der Waals surface area contributed by atoms with E-state index in [4.69, 9.17) is 4.74 Å². The average Bonchev–Trinajstić information content (AvgIpc) is 2.67. The van der Waals surface area contributed by atoms with Gasteiger partial charge >= 0.3 is 6.16 Å². The number of carbonyl (C=O) groups is 1. The second-order valence-corrected chi connectivity index (χ2v) is 2.99. The van der Waals surface area contributed by atoms with E-state index in [-0.39, 0.29) is 6.10 Å². The van der Waals surface area contributed by atoms with Crippen molar-refractivity contribution in [3.05, 3.63) is 48.6 Å². The summed E-state index contributed by atoms with van der Waals surface area (Å²) >= 11 is 0. The van der Waals surface area contributed by atoms with Crippen molar-refractivity contribution in [2.75, 3.05) is 6.61 Å². The van der Waals surface area contributed by atoms with Crippen molar-refractivity contribution in [2.45, 2.75) is 13.0 Å². The number of benzene rings is 1. The zero-order valence-corrected chi connectivity index (χ0v) is 8.68. The van der Waals surface area contributed by atoms with Gasteiger partial charge in [0.25, 0.3) is 0 Å². The minimum Gasteiger partial charge on any atom is -0.430 e. The Hall–Kier alpha value is -1.77. The highest BCUT2D eigenvalue weighted by atomic mass is 16.8. The van der Waals surface area contributed by atoms with Crippen molar-refractivity contribution < 1.29 is 14.3 Å². The summed E-state index contributed by atoms with van der Waals surface area (Å²) in [5.74, 6) is 0. The summed E-state index contributed by atoms with van der Waals surface area (Å²) in [7, 11) is 0. The number of rotatable bonds is 1. The highest BCUT2D eigenvalue weighted by Crippen LogP contribution is 2.22. The molecule has 1 atom stereocenters. The van der Waals surface area contributed by atoms with E-state index >= 15 is 0 Å². The predicted molar refractivity (Wildman–Crippen MR) is 57.5 cm³/mol. The number of ether oxygens (including phenoxy) is 2. The fourth-order valence-electron chi connectivity index (χ4n) is 1.16. The van der Waals surface area contributed by atoms with E-state index in [1.165, 1.54) is 0 Å². The van der Waals surface area contributed by atoms with Crippen molar-refractivity contribution >= 4 is 6.16 Å². The van der Waals surface area contributed by atoms with Crippen LogP contribution in [0.15, 0.2) is 43.0 Å². The molecule has 1 fully saturated rings. The molecule has 3 nitrogen and oxygen atoms in total. The molecule has 1 aliphatic rings. The second kappa shape index (κ2) is 5.86. The third kappa shape index (κ3) is 3.46. The molecule has 1 aliphatic heterocycles. The van der Waals surface area contributed by atoms with E-state index in [0.717, 1.165) is 5.56 Å². The molecule has 0 radical (unpaired) electrons. The zero-order valence-electron chi connectivity index (χ0n) is 8.68. The summed E-state index contributed by atoms with van der Waals surface area (Å²) in [5.41, 5.74) is 0.975. The minimum absolute atomic E-state index is 0.223. The topological polar surface area (TPSA) is 35.5 Å². The van der Waals surface area contributed by atoms with Gasteiger partial charge in [-0.05, 0) is 12.5 Å². The standard InChI is InChI=1S/C9H8O3.C3H6/c10-9-11-6-8(12-9)7-4-2-1-3-5-7;1-3-2/h1-5,8H,6H2;3H,1H2,2H3. The average molecular weight is 206 g/mol. The van der Waals surface area contributed by atoms with E-state index in [0.29, 0.717) is 6.61 Å². The Labute approximate surface area is 89.3 Å². The summed E-state index contributed by atoms with van der Waals surface area (Å²) < 4.78 is 9.54. The summed E-state index contributed by atoms with van der Waals surface area (Å²) in [4.78, 5) is 10.6. The van der Waals surface area contributed by atoms with E-state index < -0.39 is 6.16 Å². The van der Waals surface area contributed by atoms with E-state index in [2.05, 4.69) is 11.3 Å². The Bertz CT molecular complexity index is 319. The van der Waals surface area contributed by atoms with Crippen LogP contribution in [-0.2, 0) is 9.47 Å².